The SMILES string of the molecule is CCNC(=NCc1ccc(C(=O)OCC)cc1)N1CCC2(CCOC2)C1. The summed E-state index contributed by atoms with van der Waals surface area (Å²) in [4.78, 5) is 18.9. The van der Waals surface area contributed by atoms with E-state index >= 15 is 0 Å². The number of rotatable bonds is 5. The number of nitrogens with zero attached hydrogens (tertiary/aromatic N) is 2. The molecule has 1 aromatic carbocycles. The van der Waals surface area contributed by atoms with Crippen LogP contribution in [-0.2, 0) is 16.0 Å². The molecular weight excluding hydrogens is 330 g/mol. The van der Waals surface area contributed by atoms with Gasteiger partial charge in [-0.25, -0.2) is 9.79 Å². The molecule has 0 amide bonds. The first-order chi connectivity index (χ1) is 12.7. The van der Waals surface area contributed by atoms with Crippen molar-refractivity contribution >= 4 is 11.9 Å². The molecule has 6 nitrogen and oxygen atoms in total. The van der Waals surface area contributed by atoms with Crippen molar-refractivity contribution in [3.63, 3.8) is 0 Å². The minimum Gasteiger partial charge on any atom is -0.462 e. The summed E-state index contributed by atoms with van der Waals surface area (Å²) in [5, 5.41) is 3.41. The third-order valence-corrected chi connectivity index (χ3v) is 5.13. The largest absolute Gasteiger partial charge is 0.462 e. The molecule has 2 fully saturated rings. The van der Waals surface area contributed by atoms with E-state index in [-0.39, 0.29) is 5.97 Å². The van der Waals surface area contributed by atoms with Crippen molar-refractivity contribution in [3.8, 4) is 0 Å². The number of nitrogens with one attached hydrogen (secondary N) is 1. The number of ether oxygens (including phenoxy) is 2. The highest BCUT2D eigenvalue weighted by Gasteiger charge is 2.42. The molecule has 0 saturated carbocycles. The van der Waals surface area contributed by atoms with E-state index in [1.807, 2.05) is 19.1 Å². The molecule has 26 heavy (non-hydrogen) atoms. The molecule has 0 aromatic heterocycles. The molecule has 142 valence electrons. The molecule has 1 N–H and O–H groups in total. The van der Waals surface area contributed by atoms with E-state index < -0.39 is 0 Å². The molecule has 0 bridgehead atoms. The number of carbonyl (C=O) groups is 1. The Balaban J connectivity index is 1.63. The molecule has 2 aliphatic rings. The number of hydrogen-bond donors (Lipinski definition) is 1. The second kappa shape index (κ2) is 8.54. The van der Waals surface area contributed by atoms with Gasteiger partial charge in [0.15, 0.2) is 5.96 Å². The number of esters is 1. The van der Waals surface area contributed by atoms with Crippen molar-refractivity contribution in [1.82, 2.24) is 10.2 Å². The van der Waals surface area contributed by atoms with Gasteiger partial charge in [-0.2, -0.15) is 0 Å². The Morgan fingerprint density at radius 1 is 1.31 bits per heavy atom. The van der Waals surface area contributed by atoms with Crippen molar-refractivity contribution in [1.29, 1.82) is 0 Å². The summed E-state index contributed by atoms with van der Waals surface area (Å²) in [6.45, 7) is 9.52. The fourth-order valence-corrected chi connectivity index (χ4v) is 3.64. The van der Waals surface area contributed by atoms with Gasteiger partial charge in [-0.1, -0.05) is 12.1 Å². The van der Waals surface area contributed by atoms with Crippen LogP contribution in [0.5, 0.6) is 0 Å². The molecule has 1 spiro atoms. The molecule has 0 radical (unpaired) electrons. The standard InChI is InChI=1S/C20H29N3O3/c1-3-21-19(23-11-9-20(14-23)10-12-25-15-20)22-13-16-5-7-17(8-6-16)18(24)26-4-2/h5-8H,3-4,9-15H2,1-2H3,(H,21,22). The summed E-state index contributed by atoms with van der Waals surface area (Å²) in [7, 11) is 0. The molecular formula is C20H29N3O3. The lowest BCUT2D eigenvalue weighted by Gasteiger charge is -2.25. The average molecular weight is 359 g/mol. The predicted molar refractivity (Wildman–Crippen MR) is 101 cm³/mol. The number of aliphatic imine (C=N–C) groups is 1. The summed E-state index contributed by atoms with van der Waals surface area (Å²) in [5.74, 6) is 0.683. The van der Waals surface area contributed by atoms with E-state index in [1.165, 1.54) is 6.42 Å². The minimum atomic E-state index is -0.281. The number of benzene rings is 1. The number of carbonyl (C=O) groups excluding carboxylic acids is 1. The maximum absolute atomic E-state index is 11.7. The lowest BCUT2D eigenvalue weighted by molar-refractivity contribution is 0.0526. The molecule has 2 heterocycles. The zero-order valence-corrected chi connectivity index (χ0v) is 15.8. The zero-order chi connectivity index (χ0) is 18.4. The highest BCUT2D eigenvalue weighted by Crippen LogP contribution is 2.38. The minimum absolute atomic E-state index is 0.281. The maximum atomic E-state index is 11.7. The third-order valence-electron chi connectivity index (χ3n) is 5.13. The van der Waals surface area contributed by atoms with Gasteiger partial charge in [-0.15, -0.1) is 0 Å². The Hall–Kier alpha value is -2.08. The average Bonchev–Trinajstić information content (AvgIpc) is 3.29. The van der Waals surface area contributed by atoms with Gasteiger partial charge in [-0.05, 0) is 44.4 Å². The summed E-state index contributed by atoms with van der Waals surface area (Å²) in [6.07, 6.45) is 2.32. The van der Waals surface area contributed by atoms with Gasteiger partial charge in [0, 0.05) is 31.7 Å². The first-order valence-electron chi connectivity index (χ1n) is 9.53. The summed E-state index contributed by atoms with van der Waals surface area (Å²) >= 11 is 0. The van der Waals surface area contributed by atoms with Crippen LogP contribution in [0.1, 0.15) is 42.6 Å². The Bertz CT molecular complexity index is 636. The van der Waals surface area contributed by atoms with E-state index in [4.69, 9.17) is 14.5 Å². The summed E-state index contributed by atoms with van der Waals surface area (Å²) < 4.78 is 10.6. The first-order valence-corrected chi connectivity index (χ1v) is 9.53. The molecule has 3 rings (SSSR count). The van der Waals surface area contributed by atoms with Crippen LogP contribution >= 0.6 is 0 Å². The van der Waals surface area contributed by atoms with E-state index in [9.17, 15) is 4.79 Å². The van der Waals surface area contributed by atoms with Gasteiger partial charge in [0.1, 0.15) is 0 Å². The molecule has 1 aromatic rings. The van der Waals surface area contributed by atoms with Gasteiger partial charge in [0.05, 0.1) is 25.3 Å². The van der Waals surface area contributed by atoms with Crippen LogP contribution in [0.2, 0.25) is 0 Å². The number of hydrogen-bond acceptors (Lipinski definition) is 4. The fraction of sp³-hybridized carbons (Fsp3) is 0.600. The van der Waals surface area contributed by atoms with Crippen LogP contribution in [-0.4, -0.2) is 56.3 Å². The topological polar surface area (TPSA) is 63.2 Å². The molecule has 2 aliphatic heterocycles. The van der Waals surface area contributed by atoms with E-state index in [0.717, 1.165) is 50.8 Å². The Morgan fingerprint density at radius 3 is 2.77 bits per heavy atom. The highest BCUT2D eigenvalue weighted by molar-refractivity contribution is 5.89. The maximum Gasteiger partial charge on any atom is 0.338 e. The van der Waals surface area contributed by atoms with Crippen molar-refractivity contribution in [2.24, 2.45) is 10.4 Å². The van der Waals surface area contributed by atoms with Crippen molar-refractivity contribution < 1.29 is 14.3 Å². The molecule has 1 unspecified atom stereocenters. The van der Waals surface area contributed by atoms with Crippen LogP contribution in [0.15, 0.2) is 29.3 Å². The summed E-state index contributed by atoms with van der Waals surface area (Å²) in [5.41, 5.74) is 1.97. The second-order valence-electron chi connectivity index (χ2n) is 7.06. The van der Waals surface area contributed by atoms with Gasteiger partial charge in [0.2, 0.25) is 0 Å². The van der Waals surface area contributed by atoms with Crippen LogP contribution in [0, 0.1) is 5.41 Å². The van der Waals surface area contributed by atoms with Gasteiger partial charge < -0.3 is 19.7 Å². The van der Waals surface area contributed by atoms with Crippen LogP contribution in [0.4, 0.5) is 0 Å². The van der Waals surface area contributed by atoms with Crippen molar-refractivity contribution in [2.75, 3.05) is 39.5 Å². The van der Waals surface area contributed by atoms with Gasteiger partial charge in [-0.3, -0.25) is 0 Å². The quantitative estimate of drug-likeness (QED) is 0.497. The lowest BCUT2D eigenvalue weighted by atomic mass is 9.87. The second-order valence-corrected chi connectivity index (χ2v) is 7.06. The van der Waals surface area contributed by atoms with E-state index in [1.54, 1.807) is 12.1 Å². The van der Waals surface area contributed by atoms with Crippen LogP contribution in [0.25, 0.3) is 0 Å². The van der Waals surface area contributed by atoms with E-state index in [0.29, 0.717) is 24.1 Å². The normalized spacial score (nSPS) is 22.8. The van der Waals surface area contributed by atoms with Crippen molar-refractivity contribution in [3.05, 3.63) is 35.4 Å². The molecule has 1 atom stereocenters. The zero-order valence-electron chi connectivity index (χ0n) is 15.8. The molecule has 6 heteroatoms. The number of guanidine groups is 1. The van der Waals surface area contributed by atoms with Crippen LogP contribution in [0.3, 0.4) is 0 Å². The lowest BCUT2D eigenvalue weighted by Crippen LogP contribution is -2.41. The Kier molecular flexibility index (Phi) is 6.14. The fourth-order valence-electron chi connectivity index (χ4n) is 3.64. The van der Waals surface area contributed by atoms with Gasteiger partial charge in [0.25, 0.3) is 0 Å². The molecule has 0 aliphatic carbocycles. The first kappa shape index (κ1) is 18.7. The third kappa shape index (κ3) is 4.36. The molecule has 2 saturated heterocycles. The van der Waals surface area contributed by atoms with Crippen LogP contribution < -0.4 is 5.32 Å². The van der Waals surface area contributed by atoms with Crippen molar-refractivity contribution in [2.45, 2.75) is 33.2 Å². The van der Waals surface area contributed by atoms with Gasteiger partial charge >= 0.3 is 5.97 Å². The Morgan fingerprint density at radius 2 is 2.12 bits per heavy atom. The monoisotopic (exact) mass is 359 g/mol. The Labute approximate surface area is 155 Å². The predicted octanol–water partition coefficient (Wildman–Crippen LogP) is 2.44. The summed E-state index contributed by atoms with van der Waals surface area (Å²) in [6, 6.07) is 7.48. The highest BCUT2D eigenvalue weighted by atomic mass is 16.5. The number of likely N-dealkylation sites (tertiary alicyclic amines) is 1. The van der Waals surface area contributed by atoms with E-state index in [2.05, 4.69) is 17.1 Å². The smallest absolute Gasteiger partial charge is 0.338 e.